The van der Waals surface area contributed by atoms with E-state index in [1.807, 2.05) is 0 Å². The van der Waals surface area contributed by atoms with E-state index in [9.17, 15) is 9.50 Å². The van der Waals surface area contributed by atoms with Gasteiger partial charge in [0.15, 0.2) is 0 Å². The number of hydrogen-bond acceptors (Lipinski definition) is 2. The summed E-state index contributed by atoms with van der Waals surface area (Å²) >= 11 is 3.32. The summed E-state index contributed by atoms with van der Waals surface area (Å²) in [5.41, 5.74) is -0.748. The van der Waals surface area contributed by atoms with E-state index in [-0.39, 0.29) is 11.7 Å². The van der Waals surface area contributed by atoms with Crippen LogP contribution in [0.2, 0.25) is 0 Å². The fraction of sp³-hybridized carbons (Fsp3) is 0.538. The maximum absolute atomic E-state index is 13.8. The van der Waals surface area contributed by atoms with Gasteiger partial charge in [-0.3, -0.25) is 0 Å². The topological polar surface area (TPSA) is 32.3 Å². The molecule has 1 aliphatic rings. The summed E-state index contributed by atoms with van der Waals surface area (Å²) < 4.78 is 14.6. The number of nitrogens with one attached hydrogen (secondary N) is 1. The average molecular weight is 302 g/mol. The molecule has 0 saturated carbocycles. The van der Waals surface area contributed by atoms with E-state index in [2.05, 4.69) is 21.2 Å². The van der Waals surface area contributed by atoms with E-state index in [1.54, 1.807) is 19.1 Å². The van der Waals surface area contributed by atoms with E-state index >= 15 is 0 Å². The molecule has 17 heavy (non-hydrogen) atoms. The monoisotopic (exact) mass is 301 g/mol. The van der Waals surface area contributed by atoms with Crippen molar-refractivity contribution in [1.29, 1.82) is 0 Å². The minimum absolute atomic E-state index is 0.0556. The predicted octanol–water partition coefficient (Wildman–Crippen LogP) is 2.80. The fourth-order valence-corrected chi connectivity index (χ4v) is 2.80. The van der Waals surface area contributed by atoms with Gasteiger partial charge in [-0.15, -0.1) is 0 Å². The molecular weight excluding hydrogens is 285 g/mol. The van der Waals surface area contributed by atoms with E-state index < -0.39 is 5.60 Å². The molecular formula is C13H17BrFNO. The summed E-state index contributed by atoms with van der Waals surface area (Å²) in [6.07, 6.45) is 1.95. The maximum Gasteiger partial charge on any atom is 0.129 e. The Bertz CT molecular complexity index is 402. The Balaban J connectivity index is 2.32. The van der Waals surface area contributed by atoms with Gasteiger partial charge >= 0.3 is 0 Å². The number of hydrogen-bond donors (Lipinski definition) is 2. The predicted molar refractivity (Wildman–Crippen MR) is 69.3 cm³/mol. The van der Waals surface area contributed by atoms with Crippen molar-refractivity contribution in [3.63, 3.8) is 0 Å². The normalized spacial score (nSPS) is 24.4. The Kier molecular flexibility index (Phi) is 3.85. The molecule has 2 unspecified atom stereocenters. The van der Waals surface area contributed by atoms with Crippen LogP contribution in [0.1, 0.15) is 25.3 Å². The highest BCUT2D eigenvalue weighted by molar-refractivity contribution is 9.10. The fourth-order valence-electron chi connectivity index (χ4n) is 2.44. The van der Waals surface area contributed by atoms with Crippen molar-refractivity contribution in [2.24, 2.45) is 5.92 Å². The first-order chi connectivity index (χ1) is 8.01. The highest BCUT2D eigenvalue weighted by Crippen LogP contribution is 2.35. The lowest BCUT2D eigenvalue weighted by atomic mass is 9.78. The average Bonchev–Trinajstić information content (AvgIpc) is 2.33. The SMILES string of the molecule is CC(O)(c1cc(Br)ccc1F)C1CCCNC1. The minimum atomic E-state index is -1.12. The summed E-state index contributed by atoms with van der Waals surface area (Å²) in [5.74, 6) is -0.288. The first-order valence-electron chi connectivity index (χ1n) is 5.90. The Morgan fingerprint density at radius 2 is 2.29 bits per heavy atom. The molecule has 0 aliphatic carbocycles. The third-order valence-corrected chi connectivity index (χ3v) is 4.06. The molecule has 2 atom stereocenters. The molecule has 2 rings (SSSR count). The molecule has 0 spiro atoms. The summed E-state index contributed by atoms with van der Waals surface area (Å²) in [5, 5.41) is 13.9. The molecule has 4 heteroatoms. The van der Waals surface area contributed by atoms with Crippen LogP contribution in [0.25, 0.3) is 0 Å². The molecule has 1 aromatic carbocycles. The molecule has 1 fully saturated rings. The van der Waals surface area contributed by atoms with Gasteiger partial charge in [0.2, 0.25) is 0 Å². The third-order valence-electron chi connectivity index (χ3n) is 3.57. The molecule has 94 valence electrons. The van der Waals surface area contributed by atoms with Crippen LogP contribution in [-0.4, -0.2) is 18.2 Å². The van der Waals surface area contributed by atoms with Crippen LogP contribution in [0.3, 0.4) is 0 Å². The number of rotatable bonds is 2. The van der Waals surface area contributed by atoms with Crippen molar-refractivity contribution in [1.82, 2.24) is 5.32 Å². The molecule has 1 aliphatic heterocycles. The maximum atomic E-state index is 13.8. The molecule has 0 radical (unpaired) electrons. The van der Waals surface area contributed by atoms with Crippen LogP contribution >= 0.6 is 15.9 Å². The van der Waals surface area contributed by atoms with Crippen molar-refractivity contribution >= 4 is 15.9 Å². The van der Waals surface area contributed by atoms with Crippen molar-refractivity contribution in [3.8, 4) is 0 Å². The van der Waals surface area contributed by atoms with E-state index in [0.717, 1.165) is 30.4 Å². The van der Waals surface area contributed by atoms with E-state index in [4.69, 9.17) is 0 Å². The van der Waals surface area contributed by atoms with Gasteiger partial charge in [0.05, 0.1) is 5.60 Å². The minimum Gasteiger partial charge on any atom is -0.385 e. The zero-order valence-electron chi connectivity index (χ0n) is 9.84. The van der Waals surface area contributed by atoms with Gasteiger partial charge in [-0.1, -0.05) is 15.9 Å². The van der Waals surface area contributed by atoms with Gasteiger partial charge in [0.1, 0.15) is 5.82 Å². The molecule has 1 aromatic rings. The Morgan fingerprint density at radius 1 is 1.53 bits per heavy atom. The largest absolute Gasteiger partial charge is 0.385 e. The zero-order chi connectivity index (χ0) is 12.5. The lowest BCUT2D eigenvalue weighted by molar-refractivity contribution is -0.0185. The number of aliphatic hydroxyl groups is 1. The van der Waals surface area contributed by atoms with Crippen LogP contribution in [0.4, 0.5) is 4.39 Å². The summed E-state index contributed by atoms with van der Waals surface area (Å²) in [6.45, 7) is 3.42. The van der Waals surface area contributed by atoms with Crippen LogP contribution in [0, 0.1) is 11.7 Å². The standard InChI is InChI=1S/C13H17BrFNO/c1-13(17,9-3-2-6-16-8-9)11-7-10(14)4-5-12(11)15/h4-5,7,9,16-17H,2-3,6,8H2,1H3. The number of piperidine rings is 1. The molecule has 1 saturated heterocycles. The summed E-state index contributed by atoms with van der Waals surface area (Å²) in [4.78, 5) is 0. The molecule has 1 heterocycles. The lowest BCUT2D eigenvalue weighted by Gasteiger charge is -2.36. The Hall–Kier alpha value is -0.450. The highest BCUT2D eigenvalue weighted by Gasteiger charge is 2.36. The molecule has 2 N–H and O–H groups in total. The molecule has 0 bridgehead atoms. The van der Waals surface area contributed by atoms with Crippen LogP contribution in [-0.2, 0) is 5.60 Å². The first kappa shape index (κ1) is 13.0. The van der Waals surface area contributed by atoms with Crippen molar-refractivity contribution in [3.05, 3.63) is 34.1 Å². The van der Waals surface area contributed by atoms with Crippen LogP contribution in [0.15, 0.2) is 22.7 Å². The van der Waals surface area contributed by atoms with Crippen LogP contribution in [0.5, 0.6) is 0 Å². The van der Waals surface area contributed by atoms with Crippen molar-refractivity contribution < 1.29 is 9.50 Å². The molecule has 2 nitrogen and oxygen atoms in total. The smallest absolute Gasteiger partial charge is 0.129 e. The lowest BCUT2D eigenvalue weighted by Crippen LogP contribution is -2.42. The van der Waals surface area contributed by atoms with Gasteiger partial charge in [0, 0.05) is 22.5 Å². The Labute approximate surface area is 109 Å². The Morgan fingerprint density at radius 3 is 2.94 bits per heavy atom. The second-order valence-electron chi connectivity index (χ2n) is 4.81. The first-order valence-corrected chi connectivity index (χ1v) is 6.69. The second kappa shape index (κ2) is 5.04. The van der Waals surface area contributed by atoms with Crippen molar-refractivity contribution in [2.45, 2.75) is 25.4 Å². The van der Waals surface area contributed by atoms with Gasteiger partial charge in [0.25, 0.3) is 0 Å². The van der Waals surface area contributed by atoms with Gasteiger partial charge in [-0.05, 0) is 44.5 Å². The van der Waals surface area contributed by atoms with Crippen molar-refractivity contribution in [2.75, 3.05) is 13.1 Å². The van der Waals surface area contributed by atoms with Gasteiger partial charge in [-0.25, -0.2) is 4.39 Å². The van der Waals surface area contributed by atoms with Crippen LogP contribution < -0.4 is 5.32 Å². The highest BCUT2D eigenvalue weighted by atomic mass is 79.9. The van der Waals surface area contributed by atoms with Gasteiger partial charge < -0.3 is 10.4 Å². The number of halogens is 2. The van der Waals surface area contributed by atoms with Gasteiger partial charge in [-0.2, -0.15) is 0 Å². The zero-order valence-corrected chi connectivity index (χ0v) is 11.4. The molecule has 0 amide bonds. The second-order valence-corrected chi connectivity index (χ2v) is 5.73. The third kappa shape index (κ3) is 2.69. The number of benzene rings is 1. The van der Waals surface area contributed by atoms with E-state index in [0.29, 0.717) is 5.56 Å². The quantitative estimate of drug-likeness (QED) is 0.880. The summed E-state index contributed by atoms with van der Waals surface area (Å²) in [7, 11) is 0. The van der Waals surface area contributed by atoms with E-state index in [1.165, 1.54) is 6.07 Å². The summed E-state index contributed by atoms with van der Waals surface area (Å²) in [6, 6.07) is 4.71. The molecule has 0 aromatic heterocycles.